The molecule has 7 heteroatoms. The first-order chi connectivity index (χ1) is 17.6. The number of rotatable bonds is 2. The van der Waals surface area contributed by atoms with E-state index in [0.717, 1.165) is 64.7 Å². The second-order valence-electron chi connectivity index (χ2n) is 10.0. The number of ether oxygens (including phenoxy) is 1. The summed E-state index contributed by atoms with van der Waals surface area (Å²) in [7, 11) is 0. The van der Waals surface area contributed by atoms with Gasteiger partial charge < -0.3 is 14.1 Å². The van der Waals surface area contributed by atoms with Crippen LogP contribution in [-0.4, -0.2) is 21.4 Å². The molecule has 1 saturated carbocycles. The zero-order valence-corrected chi connectivity index (χ0v) is 20.1. The lowest BCUT2D eigenvalue weighted by atomic mass is 9.98. The number of hydrogen-bond acceptors (Lipinski definition) is 4. The highest BCUT2D eigenvalue weighted by Gasteiger charge is 2.27. The number of hydrogen-bond donors (Lipinski definition) is 2. The standard InChI is InChI=1S/C29H27N3O4/c1-16-21(33)13-12-20-25-27(36-26(16)20)23(18-14-17-8-6-7-11-22(17)35-15-18)24-28(30-25)32(31-29(24)34)19-9-4-2-3-5-10-19/h6-8,11-14,19,30H,2-5,9-10,15H2,1H3,(H,31,34). The molecule has 2 aromatic carbocycles. The number of furan rings is 1. The fraction of sp³-hybridized carbons (Fsp3) is 0.310. The summed E-state index contributed by atoms with van der Waals surface area (Å²) in [4.78, 5) is 29.5. The number of aryl methyl sites for hydroxylation is 1. The van der Waals surface area contributed by atoms with Crippen molar-refractivity contribution in [3.8, 4) is 5.75 Å². The van der Waals surface area contributed by atoms with E-state index < -0.39 is 0 Å². The van der Waals surface area contributed by atoms with E-state index in [1.54, 1.807) is 13.0 Å². The van der Waals surface area contributed by atoms with Gasteiger partial charge in [0.25, 0.3) is 5.56 Å². The lowest BCUT2D eigenvalue weighted by Crippen LogP contribution is -2.13. The lowest BCUT2D eigenvalue weighted by Gasteiger charge is -2.19. The number of aromatic nitrogens is 3. The third kappa shape index (κ3) is 3.11. The highest BCUT2D eigenvalue weighted by molar-refractivity contribution is 6.13. The molecule has 5 aromatic rings. The molecular formula is C29H27N3O4. The smallest absolute Gasteiger partial charge is 0.274 e. The maximum atomic E-state index is 13.6. The van der Waals surface area contributed by atoms with Gasteiger partial charge >= 0.3 is 0 Å². The summed E-state index contributed by atoms with van der Waals surface area (Å²) < 4.78 is 14.5. The molecule has 7 rings (SSSR count). The van der Waals surface area contributed by atoms with Crippen molar-refractivity contribution >= 4 is 44.8 Å². The molecule has 0 spiro atoms. The number of aromatic amines is 2. The third-order valence-electron chi connectivity index (χ3n) is 7.85. The molecule has 36 heavy (non-hydrogen) atoms. The number of nitrogens with one attached hydrogen (secondary N) is 2. The third-order valence-corrected chi connectivity index (χ3v) is 7.85. The van der Waals surface area contributed by atoms with E-state index >= 15 is 0 Å². The van der Waals surface area contributed by atoms with Gasteiger partial charge in [0.1, 0.15) is 23.6 Å². The van der Waals surface area contributed by atoms with Gasteiger partial charge in [-0.25, -0.2) is 0 Å². The van der Waals surface area contributed by atoms with E-state index in [9.17, 15) is 9.59 Å². The van der Waals surface area contributed by atoms with E-state index in [2.05, 4.69) is 16.2 Å². The van der Waals surface area contributed by atoms with Crippen LogP contribution in [0.25, 0.3) is 44.8 Å². The Bertz CT molecular complexity index is 1810. The molecule has 2 N–H and O–H groups in total. The molecule has 0 saturated heterocycles. The minimum Gasteiger partial charge on any atom is -0.488 e. The van der Waals surface area contributed by atoms with E-state index in [4.69, 9.17) is 9.15 Å². The minimum absolute atomic E-state index is 0.0670. The van der Waals surface area contributed by atoms with Crippen LogP contribution in [0, 0.1) is 6.92 Å². The number of pyridine rings is 1. The number of nitrogens with zero attached hydrogens (tertiary/aromatic N) is 1. The quantitative estimate of drug-likeness (QED) is 0.300. The summed E-state index contributed by atoms with van der Waals surface area (Å²) in [6, 6.07) is 11.5. The van der Waals surface area contributed by atoms with Crippen LogP contribution in [0.1, 0.15) is 61.3 Å². The van der Waals surface area contributed by atoms with Crippen molar-refractivity contribution in [1.82, 2.24) is 14.8 Å². The van der Waals surface area contributed by atoms with E-state index in [-0.39, 0.29) is 17.0 Å². The number of benzene rings is 2. The van der Waals surface area contributed by atoms with Crippen molar-refractivity contribution in [2.75, 3.05) is 6.61 Å². The predicted molar refractivity (Wildman–Crippen MR) is 142 cm³/mol. The van der Waals surface area contributed by atoms with E-state index in [0.29, 0.717) is 28.7 Å². The van der Waals surface area contributed by atoms with Gasteiger partial charge in [-0.15, -0.1) is 0 Å². The van der Waals surface area contributed by atoms with Gasteiger partial charge in [0, 0.05) is 27.6 Å². The second-order valence-corrected chi connectivity index (χ2v) is 10.0. The summed E-state index contributed by atoms with van der Waals surface area (Å²) in [6.07, 6.45) is 8.90. The molecule has 2 aliphatic rings. The van der Waals surface area contributed by atoms with Crippen molar-refractivity contribution in [3.63, 3.8) is 0 Å². The Labute approximate surface area is 206 Å². The van der Waals surface area contributed by atoms with Gasteiger partial charge in [0.2, 0.25) is 0 Å². The summed E-state index contributed by atoms with van der Waals surface area (Å²) in [5, 5.41) is 4.56. The van der Waals surface area contributed by atoms with Crippen LogP contribution in [0.3, 0.4) is 0 Å². The normalized spacial score (nSPS) is 16.8. The Morgan fingerprint density at radius 1 is 0.972 bits per heavy atom. The molecule has 0 unspecified atom stereocenters. The van der Waals surface area contributed by atoms with Crippen LogP contribution >= 0.6 is 0 Å². The van der Waals surface area contributed by atoms with Crippen LogP contribution in [0.15, 0.2) is 50.4 Å². The van der Waals surface area contributed by atoms with Gasteiger partial charge in [-0.2, -0.15) is 0 Å². The zero-order valence-electron chi connectivity index (χ0n) is 20.1. The molecule has 1 fully saturated rings. The summed E-state index contributed by atoms with van der Waals surface area (Å²) in [6.45, 7) is 2.10. The lowest BCUT2D eigenvalue weighted by molar-refractivity contribution is 0.366. The molecule has 1 aliphatic heterocycles. The maximum Gasteiger partial charge on any atom is 0.274 e. The molecule has 0 radical (unpaired) electrons. The Morgan fingerprint density at radius 2 is 1.78 bits per heavy atom. The SMILES string of the molecule is Cc1c(=O)ccc2c1oc1c(C3=Cc4ccccc4OC3)c3c(=O)[nH]n(C4CCCCCC4)c3[nH]c12. The first-order valence-electron chi connectivity index (χ1n) is 12.8. The summed E-state index contributed by atoms with van der Waals surface area (Å²) in [5.74, 6) is 0.817. The molecule has 0 atom stereocenters. The highest BCUT2D eigenvalue weighted by atomic mass is 16.5. The molecule has 0 bridgehead atoms. The van der Waals surface area contributed by atoms with Crippen LogP contribution in [0.5, 0.6) is 5.75 Å². The first kappa shape index (κ1) is 21.3. The monoisotopic (exact) mass is 481 g/mol. The predicted octanol–water partition coefficient (Wildman–Crippen LogP) is 6.05. The van der Waals surface area contributed by atoms with E-state index in [1.165, 1.54) is 12.8 Å². The fourth-order valence-corrected chi connectivity index (χ4v) is 5.97. The van der Waals surface area contributed by atoms with Crippen LogP contribution in [0.4, 0.5) is 0 Å². The Balaban J connectivity index is 1.59. The van der Waals surface area contributed by atoms with E-state index in [1.807, 2.05) is 35.0 Å². The number of fused-ring (bicyclic) bond motifs is 5. The summed E-state index contributed by atoms with van der Waals surface area (Å²) in [5.41, 5.74) is 5.59. The minimum atomic E-state index is -0.149. The molecule has 4 heterocycles. The number of para-hydroxylation sites is 1. The topological polar surface area (TPSA) is 93.0 Å². The molecule has 7 nitrogen and oxygen atoms in total. The van der Waals surface area contributed by atoms with Crippen LogP contribution in [0.2, 0.25) is 0 Å². The Hall–Kier alpha value is -4.00. The number of H-pyrrole nitrogens is 2. The largest absolute Gasteiger partial charge is 0.488 e. The van der Waals surface area contributed by atoms with Crippen molar-refractivity contribution < 1.29 is 9.15 Å². The van der Waals surface area contributed by atoms with Crippen molar-refractivity contribution in [3.05, 3.63) is 73.7 Å². The van der Waals surface area contributed by atoms with Crippen molar-refractivity contribution in [1.29, 1.82) is 0 Å². The highest BCUT2D eigenvalue weighted by Crippen LogP contribution is 2.40. The molecular weight excluding hydrogens is 454 g/mol. The average Bonchev–Trinajstić information content (AvgIpc) is 3.29. The Kier molecular flexibility index (Phi) is 4.74. The van der Waals surface area contributed by atoms with Gasteiger partial charge in [0.05, 0.1) is 16.9 Å². The molecule has 1 aliphatic carbocycles. The fourth-order valence-electron chi connectivity index (χ4n) is 5.97. The molecule has 0 amide bonds. The van der Waals surface area contributed by atoms with Crippen molar-refractivity contribution in [2.24, 2.45) is 0 Å². The maximum absolute atomic E-state index is 13.6. The summed E-state index contributed by atoms with van der Waals surface area (Å²) >= 11 is 0. The zero-order chi connectivity index (χ0) is 24.4. The van der Waals surface area contributed by atoms with Gasteiger partial charge in [-0.3, -0.25) is 19.4 Å². The van der Waals surface area contributed by atoms with Crippen molar-refractivity contribution in [2.45, 2.75) is 51.5 Å². The Morgan fingerprint density at radius 3 is 2.61 bits per heavy atom. The first-order valence-corrected chi connectivity index (χ1v) is 12.8. The van der Waals surface area contributed by atoms with Crippen LogP contribution < -0.4 is 15.7 Å². The average molecular weight is 482 g/mol. The second kappa shape index (κ2) is 8.01. The van der Waals surface area contributed by atoms with Gasteiger partial charge in [-0.05, 0) is 44.0 Å². The van der Waals surface area contributed by atoms with Gasteiger partial charge in [-0.1, -0.05) is 43.9 Å². The van der Waals surface area contributed by atoms with Gasteiger partial charge in [0.15, 0.2) is 11.0 Å². The van der Waals surface area contributed by atoms with Crippen LogP contribution in [-0.2, 0) is 0 Å². The molecule has 182 valence electrons. The molecule has 3 aromatic heterocycles.